The number of ketones is 1. The second kappa shape index (κ2) is 5.50. The minimum absolute atomic E-state index is 0.169. The zero-order valence-electron chi connectivity index (χ0n) is 10.4. The van der Waals surface area contributed by atoms with E-state index in [-0.39, 0.29) is 11.5 Å². The van der Waals surface area contributed by atoms with E-state index in [0.29, 0.717) is 18.1 Å². The summed E-state index contributed by atoms with van der Waals surface area (Å²) in [6.07, 6.45) is 1.43. The molecule has 14 heavy (non-hydrogen) atoms. The highest BCUT2D eigenvalue weighted by Gasteiger charge is 2.21. The van der Waals surface area contributed by atoms with Crippen LogP contribution in [0, 0.1) is 11.8 Å². The van der Waals surface area contributed by atoms with Crippen LogP contribution in [0.25, 0.3) is 0 Å². The lowest BCUT2D eigenvalue weighted by atomic mass is 9.89. The van der Waals surface area contributed by atoms with Crippen molar-refractivity contribution < 1.29 is 9.53 Å². The third-order valence-electron chi connectivity index (χ3n) is 3.03. The maximum absolute atomic E-state index is 11.7. The number of carbonyl (C=O) groups excluding carboxylic acids is 1. The van der Waals surface area contributed by atoms with Crippen molar-refractivity contribution in [2.24, 2.45) is 11.8 Å². The van der Waals surface area contributed by atoms with E-state index in [9.17, 15) is 4.79 Å². The maximum atomic E-state index is 11.7. The van der Waals surface area contributed by atoms with Crippen molar-refractivity contribution in [3.63, 3.8) is 0 Å². The molecule has 2 nitrogen and oxygen atoms in total. The van der Waals surface area contributed by atoms with Crippen molar-refractivity contribution in [2.45, 2.75) is 53.1 Å². The molecule has 0 spiro atoms. The Hall–Kier alpha value is -0.370. The van der Waals surface area contributed by atoms with Gasteiger partial charge in [0, 0.05) is 19.4 Å². The van der Waals surface area contributed by atoms with Crippen LogP contribution < -0.4 is 0 Å². The molecule has 0 radical (unpaired) electrons. The highest BCUT2D eigenvalue weighted by Crippen LogP contribution is 2.19. The predicted molar refractivity (Wildman–Crippen MR) is 59.3 cm³/mol. The van der Waals surface area contributed by atoms with Crippen LogP contribution in [-0.4, -0.2) is 18.5 Å². The van der Waals surface area contributed by atoms with Crippen LogP contribution in [0.2, 0.25) is 0 Å². The summed E-state index contributed by atoms with van der Waals surface area (Å²) in [7, 11) is 1.69. The lowest BCUT2D eigenvalue weighted by Crippen LogP contribution is -2.25. The second-order valence-corrected chi connectivity index (χ2v) is 4.96. The van der Waals surface area contributed by atoms with Gasteiger partial charge in [-0.2, -0.15) is 0 Å². The van der Waals surface area contributed by atoms with Crippen LogP contribution in [0.5, 0.6) is 0 Å². The van der Waals surface area contributed by atoms with Gasteiger partial charge < -0.3 is 4.74 Å². The van der Waals surface area contributed by atoms with E-state index in [0.717, 1.165) is 6.42 Å². The summed E-state index contributed by atoms with van der Waals surface area (Å²) in [4.78, 5) is 11.7. The minimum Gasteiger partial charge on any atom is -0.379 e. The van der Waals surface area contributed by atoms with Gasteiger partial charge in [0.1, 0.15) is 5.78 Å². The Bertz CT molecular complexity index is 183. The first kappa shape index (κ1) is 13.6. The van der Waals surface area contributed by atoms with Gasteiger partial charge in [-0.05, 0) is 26.2 Å². The van der Waals surface area contributed by atoms with E-state index in [4.69, 9.17) is 4.74 Å². The zero-order chi connectivity index (χ0) is 11.4. The van der Waals surface area contributed by atoms with Gasteiger partial charge in [0.05, 0.1) is 5.60 Å². The molecule has 1 atom stereocenters. The molecule has 0 fully saturated rings. The fourth-order valence-corrected chi connectivity index (χ4v) is 1.13. The first-order valence-electron chi connectivity index (χ1n) is 5.38. The van der Waals surface area contributed by atoms with E-state index in [1.54, 1.807) is 7.11 Å². The summed E-state index contributed by atoms with van der Waals surface area (Å²) in [6.45, 7) is 10.2. The van der Waals surface area contributed by atoms with E-state index < -0.39 is 0 Å². The van der Waals surface area contributed by atoms with Gasteiger partial charge in [-0.25, -0.2) is 0 Å². The maximum Gasteiger partial charge on any atom is 0.136 e. The summed E-state index contributed by atoms with van der Waals surface area (Å²) < 4.78 is 5.28. The normalized spacial score (nSPS) is 14.5. The van der Waals surface area contributed by atoms with Crippen LogP contribution in [-0.2, 0) is 9.53 Å². The van der Waals surface area contributed by atoms with Crippen molar-refractivity contribution in [3.05, 3.63) is 0 Å². The summed E-state index contributed by atoms with van der Waals surface area (Å²) in [5.41, 5.74) is -0.174. The molecular weight excluding hydrogens is 176 g/mol. The molecule has 0 aromatic carbocycles. The topological polar surface area (TPSA) is 26.3 Å². The molecule has 0 aliphatic rings. The summed E-state index contributed by atoms with van der Waals surface area (Å²) in [5, 5.41) is 0. The zero-order valence-corrected chi connectivity index (χ0v) is 10.4. The van der Waals surface area contributed by atoms with Gasteiger partial charge in [-0.15, -0.1) is 0 Å². The molecule has 0 aliphatic carbocycles. The average Bonchev–Trinajstić information content (AvgIpc) is 2.13. The molecule has 0 bridgehead atoms. The Kier molecular flexibility index (Phi) is 5.35. The Morgan fingerprint density at radius 1 is 1.29 bits per heavy atom. The SMILES string of the molecule is COC(C)(C)CCC(=O)C(C)C(C)C. The Morgan fingerprint density at radius 3 is 2.14 bits per heavy atom. The summed E-state index contributed by atoms with van der Waals surface area (Å²) in [5.74, 6) is 0.959. The van der Waals surface area contributed by atoms with Gasteiger partial charge in [0.25, 0.3) is 0 Å². The van der Waals surface area contributed by atoms with E-state index in [1.165, 1.54) is 0 Å². The van der Waals surface area contributed by atoms with Gasteiger partial charge in [0.2, 0.25) is 0 Å². The Balaban J connectivity index is 3.97. The molecule has 0 aromatic heterocycles. The second-order valence-electron chi connectivity index (χ2n) is 4.96. The number of hydrogen-bond donors (Lipinski definition) is 0. The first-order chi connectivity index (χ1) is 6.30. The lowest BCUT2D eigenvalue weighted by Gasteiger charge is -2.23. The van der Waals surface area contributed by atoms with Crippen LogP contribution in [0.4, 0.5) is 0 Å². The quantitative estimate of drug-likeness (QED) is 0.658. The highest BCUT2D eigenvalue weighted by molar-refractivity contribution is 5.80. The number of hydrogen-bond acceptors (Lipinski definition) is 2. The molecule has 0 rings (SSSR count). The Labute approximate surface area is 88.0 Å². The molecule has 0 amide bonds. The molecule has 84 valence electrons. The fraction of sp³-hybridized carbons (Fsp3) is 0.917. The molecule has 2 heteroatoms. The summed E-state index contributed by atoms with van der Waals surface area (Å²) >= 11 is 0. The standard InChI is InChI=1S/C12H24O2/c1-9(2)10(3)11(13)7-8-12(4,5)14-6/h9-10H,7-8H2,1-6H3. The highest BCUT2D eigenvalue weighted by atomic mass is 16.5. The number of Topliss-reactive ketones (excluding diaryl/α,β-unsaturated/α-hetero) is 1. The monoisotopic (exact) mass is 200 g/mol. The third-order valence-corrected chi connectivity index (χ3v) is 3.03. The van der Waals surface area contributed by atoms with Crippen molar-refractivity contribution in [1.82, 2.24) is 0 Å². The van der Waals surface area contributed by atoms with Crippen molar-refractivity contribution in [1.29, 1.82) is 0 Å². The van der Waals surface area contributed by atoms with Crippen molar-refractivity contribution in [3.8, 4) is 0 Å². The first-order valence-corrected chi connectivity index (χ1v) is 5.38. The summed E-state index contributed by atoms with van der Waals surface area (Å²) in [6, 6.07) is 0. The third kappa shape index (κ3) is 4.75. The fourth-order valence-electron chi connectivity index (χ4n) is 1.13. The molecule has 0 heterocycles. The molecular formula is C12H24O2. The molecule has 0 saturated heterocycles. The van der Waals surface area contributed by atoms with Crippen LogP contribution in [0.3, 0.4) is 0 Å². The molecule has 0 N–H and O–H groups in total. The van der Waals surface area contributed by atoms with Crippen LogP contribution >= 0.6 is 0 Å². The number of rotatable bonds is 6. The lowest BCUT2D eigenvalue weighted by molar-refractivity contribution is -0.124. The van der Waals surface area contributed by atoms with E-state index in [1.807, 2.05) is 20.8 Å². The van der Waals surface area contributed by atoms with Gasteiger partial charge in [0.15, 0.2) is 0 Å². The average molecular weight is 200 g/mol. The van der Waals surface area contributed by atoms with Gasteiger partial charge >= 0.3 is 0 Å². The predicted octanol–water partition coefficient (Wildman–Crippen LogP) is 3.05. The molecule has 1 unspecified atom stereocenters. The minimum atomic E-state index is -0.174. The Morgan fingerprint density at radius 2 is 1.79 bits per heavy atom. The largest absolute Gasteiger partial charge is 0.379 e. The smallest absolute Gasteiger partial charge is 0.136 e. The van der Waals surface area contributed by atoms with Gasteiger partial charge in [-0.3, -0.25) is 4.79 Å². The van der Waals surface area contributed by atoms with E-state index in [2.05, 4.69) is 13.8 Å². The number of methoxy groups -OCH3 is 1. The van der Waals surface area contributed by atoms with E-state index >= 15 is 0 Å². The number of carbonyl (C=O) groups is 1. The molecule has 0 saturated carbocycles. The van der Waals surface area contributed by atoms with Crippen LogP contribution in [0.1, 0.15) is 47.5 Å². The van der Waals surface area contributed by atoms with Gasteiger partial charge in [-0.1, -0.05) is 20.8 Å². The van der Waals surface area contributed by atoms with Crippen molar-refractivity contribution in [2.75, 3.05) is 7.11 Å². The van der Waals surface area contributed by atoms with Crippen molar-refractivity contribution >= 4 is 5.78 Å². The molecule has 0 aromatic rings. The molecule has 0 aliphatic heterocycles. The number of ether oxygens (including phenoxy) is 1. The van der Waals surface area contributed by atoms with Crippen LogP contribution in [0.15, 0.2) is 0 Å².